The third-order valence-corrected chi connectivity index (χ3v) is 6.17. The number of allylic oxidation sites excluding steroid dienone is 1. The monoisotopic (exact) mass is 443 g/mol. The quantitative estimate of drug-likeness (QED) is 0.351. The van der Waals surface area contributed by atoms with E-state index in [4.69, 9.17) is 33.5 Å². The second-order valence-corrected chi connectivity index (χ2v) is 8.59. The number of fused-ring (bicyclic) bond motifs is 2. The Morgan fingerprint density at radius 1 is 1.19 bits per heavy atom. The van der Waals surface area contributed by atoms with Crippen LogP contribution in [0.25, 0.3) is 0 Å². The van der Waals surface area contributed by atoms with Gasteiger partial charge in [0.2, 0.25) is 0 Å². The smallest absolute Gasteiger partial charge is 0.118 e. The minimum Gasteiger partial charge on any atom is -0.389 e. The van der Waals surface area contributed by atoms with Crippen LogP contribution in [-0.4, -0.2) is 72.8 Å². The number of ether oxygens (including phenoxy) is 1. The van der Waals surface area contributed by atoms with Crippen molar-refractivity contribution in [2.45, 2.75) is 24.9 Å². The topological polar surface area (TPSA) is 110 Å². The minimum atomic E-state index is 0.174. The summed E-state index contributed by atoms with van der Waals surface area (Å²) in [5, 5.41) is 0.174. The maximum absolute atomic E-state index is 5.90. The molecule has 4 rings (SSSR count). The predicted octanol–water partition coefficient (Wildman–Crippen LogP) is 0.544. The number of halogens is 1. The van der Waals surface area contributed by atoms with Gasteiger partial charge in [-0.05, 0) is 37.0 Å². The molecular weight excluding hydrogens is 414 g/mol. The number of rotatable bonds is 4. The first-order valence-electron chi connectivity index (χ1n) is 10.7. The number of pyridine rings is 1. The molecule has 0 aliphatic carbocycles. The molecule has 3 aliphatic rings. The first-order valence-corrected chi connectivity index (χ1v) is 11.1. The van der Waals surface area contributed by atoms with Gasteiger partial charge in [0.25, 0.3) is 0 Å². The van der Waals surface area contributed by atoms with E-state index in [1.165, 1.54) is 0 Å². The summed E-state index contributed by atoms with van der Waals surface area (Å²) in [6.45, 7) is 5.80. The maximum Gasteiger partial charge on any atom is 0.118 e. The van der Waals surface area contributed by atoms with Gasteiger partial charge in [-0.1, -0.05) is 17.5 Å². The van der Waals surface area contributed by atoms with Crippen molar-refractivity contribution >= 4 is 17.3 Å². The third-order valence-electron chi connectivity index (χ3n) is 6.06. The van der Waals surface area contributed by atoms with Gasteiger partial charge in [-0.25, -0.2) is 4.98 Å². The van der Waals surface area contributed by atoms with Crippen molar-refractivity contribution in [3.05, 3.63) is 46.8 Å². The van der Waals surface area contributed by atoms with E-state index < -0.39 is 0 Å². The number of hydrogen-bond donors (Lipinski definition) is 3. The molecule has 2 unspecified atom stereocenters. The Kier molecular flexibility index (Phi) is 6.76. The molecule has 0 saturated carbocycles. The van der Waals surface area contributed by atoms with Crippen molar-refractivity contribution in [2.24, 2.45) is 17.2 Å². The first kappa shape index (κ1) is 21.6. The lowest BCUT2D eigenvalue weighted by molar-refractivity contribution is 0.0443. The molecule has 1 aromatic heterocycles. The van der Waals surface area contributed by atoms with E-state index in [-0.39, 0.29) is 11.0 Å². The van der Waals surface area contributed by atoms with Gasteiger partial charge in [-0.3, -0.25) is 4.90 Å². The zero-order chi connectivity index (χ0) is 21.8. The molecule has 0 spiro atoms. The number of likely N-dealkylation sites (tertiary alicyclic amines) is 1. The Morgan fingerprint density at radius 2 is 1.90 bits per heavy atom. The van der Waals surface area contributed by atoms with E-state index in [1.54, 1.807) is 6.08 Å². The van der Waals surface area contributed by atoms with Gasteiger partial charge in [-0.15, -0.1) is 0 Å². The summed E-state index contributed by atoms with van der Waals surface area (Å²) in [5.74, 6) is 6.72. The summed E-state index contributed by atoms with van der Waals surface area (Å²) in [6, 6.07) is 4.88. The summed E-state index contributed by atoms with van der Waals surface area (Å²) < 4.78 is 5.38. The summed E-state index contributed by atoms with van der Waals surface area (Å²) >= 11 is 5.88. The summed E-state index contributed by atoms with van der Waals surface area (Å²) in [7, 11) is 0. The second kappa shape index (κ2) is 9.69. The van der Waals surface area contributed by atoms with Crippen molar-refractivity contribution in [3.8, 4) is 11.8 Å². The Balaban J connectivity index is 1.46. The highest BCUT2D eigenvalue weighted by molar-refractivity contribution is 6.29. The normalized spacial score (nSPS) is 24.0. The number of aromatic nitrogens is 1. The van der Waals surface area contributed by atoms with Crippen LogP contribution >= 0.6 is 11.6 Å². The van der Waals surface area contributed by atoms with Crippen LogP contribution in [0.15, 0.2) is 41.1 Å². The van der Waals surface area contributed by atoms with E-state index in [9.17, 15) is 0 Å². The third kappa shape index (κ3) is 5.18. The zero-order valence-corrected chi connectivity index (χ0v) is 18.4. The molecule has 8 nitrogen and oxygen atoms in total. The molecule has 2 atom stereocenters. The molecule has 2 bridgehead atoms. The molecule has 166 valence electrons. The molecule has 3 aliphatic heterocycles. The van der Waals surface area contributed by atoms with E-state index >= 15 is 0 Å². The van der Waals surface area contributed by atoms with E-state index in [1.807, 2.05) is 6.20 Å². The number of piperazine rings is 1. The fourth-order valence-corrected chi connectivity index (χ4v) is 4.76. The molecule has 0 radical (unpaired) electrons. The van der Waals surface area contributed by atoms with Crippen LogP contribution in [0.2, 0.25) is 0 Å². The summed E-state index contributed by atoms with van der Waals surface area (Å²) in [6.07, 6.45) is 5.71. The van der Waals surface area contributed by atoms with Crippen LogP contribution in [-0.2, 0) is 4.74 Å². The minimum absolute atomic E-state index is 0.174. The van der Waals surface area contributed by atoms with Crippen molar-refractivity contribution in [1.82, 2.24) is 14.8 Å². The second-order valence-electron chi connectivity index (χ2n) is 8.16. The van der Waals surface area contributed by atoms with Crippen molar-refractivity contribution in [3.63, 3.8) is 0 Å². The van der Waals surface area contributed by atoms with Crippen LogP contribution in [0, 0.1) is 11.8 Å². The highest BCUT2D eigenvalue weighted by Gasteiger charge is 2.40. The number of nitrogens with zero attached hydrogens (tertiary/aromatic N) is 4. The van der Waals surface area contributed by atoms with Crippen LogP contribution in [0.1, 0.15) is 18.5 Å². The van der Waals surface area contributed by atoms with Gasteiger partial charge in [0.15, 0.2) is 0 Å². The molecule has 6 N–H and O–H groups in total. The van der Waals surface area contributed by atoms with Crippen molar-refractivity contribution < 1.29 is 4.74 Å². The van der Waals surface area contributed by atoms with Crippen LogP contribution in [0.5, 0.6) is 0 Å². The molecule has 1 aromatic rings. The molecule has 31 heavy (non-hydrogen) atoms. The van der Waals surface area contributed by atoms with E-state index in [2.05, 4.69) is 43.7 Å². The lowest BCUT2D eigenvalue weighted by Gasteiger charge is -2.44. The van der Waals surface area contributed by atoms with Gasteiger partial charge < -0.3 is 31.7 Å². The van der Waals surface area contributed by atoms with E-state index in [0.29, 0.717) is 17.8 Å². The number of hydrogen-bond acceptors (Lipinski definition) is 8. The Morgan fingerprint density at radius 3 is 2.55 bits per heavy atom. The standard InChI is InChI=1S/C22H30ClN7O/c23-21(24)13-20(22(25)26)29-14-18-3-4-19(15-29)30(18)17-5-6-27-16(12-17)2-1-7-28-8-10-31-11-9-28/h5-6,12-13,18-19H,3-4,7-11,14-15,24-26H2/b21-13-. The Labute approximate surface area is 188 Å². The summed E-state index contributed by atoms with van der Waals surface area (Å²) in [4.78, 5) is 11.4. The van der Waals surface area contributed by atoms with Gasteiger partial charge in [0.1, 0.15) is 16.7 Å². The zero-order valence-electron chi connectivity index (χ0n) is 17.6. The highest BCUT2D eigenvalue weighted by atomic mass is 35.5. The van der Waals surface area contributed by atoms with Gasteiger partial charge in [0.05, 0.1) is 25.5 Å². The molecule has 0 aromatic carbocycles. The number of morpholine rings is 1. The van der Waals surface area contributed by atoms with Gasteiger partial charge in [-0.2, -0.15) is 0 Å². The largest absolute Gasteiger partial charge is 0.389 e. The van der Waals surface area contributed by atoms with Crippen LogP contribution in [0.3, 0.4) is 0 Å². The Hall–Kier alpha value is -2.60. The molecule has 3 fully saturated rings. The highest BCUT2D eigenvalue weighted by Crippen LogP contribution is 2.36. The lowest BCUT2D eigenvalue weighted by Crippen LogP contribution is -2.53. The number of nitrogens with two attached hydrogens (primary N) is 3. The summed E-state index contributed by atoms with van der Waals surface area (Å²) in [5.41, 5.74) is 20.1. The maximum atomic E-state index is 5.90. The lowest BCUT2D eigenvalue weighted by atomic mass is 10.1. The average molecular weight is 444 g/mol. The molecule has 0 amide bonds. The fourth-order valence-electron chi connectivity index (χ4n) is 4.66. The molecule has 9 heteroatoms. The SMILES string of the molecule is NC(N)=C(/C=C(\N)Cl)N1CC2CCC(C1)N2c1ccnc(C#CCN2CCOCC2)c1. The Bertz CT molecular complexity index is 894. The van der Waals surface area contributed by atoms with Crippen LogP contribution in [0.4, 0.5) is 5.69 Å². The van der Waals surface area contributed by atoms with E-state index in [0.717, 1.165) is 70.2 Å². The van der Waals surface area contributed by atoms with Gasteiger partial charge >= 0.3 is 0 Å². The fraction of sp³-hybridized carbons (Fsp3) is 0.500. The number of anilines is 1. The van der Waals surface area contributed by atoms with Crippen LogP contribution < -0.4 is 22.1 Å². The molecular formula is C22H30ClN7O. The van der Waals surface area contributed by atoms with Crippen molar-refractivity contribution in [2.75, 3.05) is 50.8 Å². The van der Waals surface area contributed by atoms with Gasteiger partial charge in [0, 0.05) is 50.1 Å². The predicted molar refractivity (Wildman–Crippen MR) is 123 cm³/mol. The average Bonchev–Trinajstić information content (AvgIpc) is 3.02. The first-order chi connectivity index (χ1) is 15.0. The van der Waals surface area contributed by atoms with Crippen molar-refractivity contribution in [1.29, 1.82) is 0 Å². The molecule has 4 heterocycles. The molecule has 3 saturated heterocycles.